The van der Waals surface area contributed by atoms with Gasteiger partial charge < -0.3 is 0 Å². The number of halogens is 1. The summed E-state index contributed by atoms with van der Waals surface area (Å²) in [6.07, 6.45) is 1.27. The molecule has 1 aromatic rings. The topological polar surface area (TPSA) is 17.1 Å². The summed E-state index contributed by atoms with van der Waals surface area (Å²) in [6, 6.07) is 8.05. The van der Waals surface area contributed by atoms with Gasteiger partial charge in [0.2, 0.25) is 0 Å². The number of hydrogen-bond donors (Lipinski definition) is 0. The van der Waals surface area contributed by atoms with E-state index in [1.165, 1.54) is 3.57 Å². The molecule has 14 heavy (non-hydrogen) atoms. The lowest BCUT2D eigenvalue weighted by Gasteiger charge is -2.05. The summed E-state index contributed by atoms with van der Waals surface area (Å²) >= 11 is 2.28. The summed E-state index contributed by atoms with van der Waals surface area (Å²) in [5.74, 6) is 0.799. The van der Waals surface area contributed by atoms with Crippen LogP contribution >= 0.6 is 22.6 Å². The summed E-state index contributed by atoms with van der Waals surface area (Å²) in [5, 5.41) is 0. The molecule has 0 fully saturated rings. The van der Waals surface area contributed by atoms with E-state index in [-0.39, 0.29) is 0 Å². The predicted molar refractivity (Wildman–Crippen MR) is 67.3 cm³/mol. The Morgan fingerprint density at radius 1 is 1.36 bits per heavy atom. The van der Waals surface area contributed by atoms with Crippen LogP contribution in [-0.4, -0.2) is 5.78 Å². The molecule has 0 unspecified atom stereocenters. The van der Waals surface area contributed by atoms with E-state index < -0.39 is 0 Å². The third-order valence-electron chi connectivity index (χ3n) is 1.98. The van der Waals surface area contributed by atoms with Crippen LogP contribution in [0.3, 0.4) is 0 Å². The Morgan fingerprint density at radius 3 is 2.57 bits per heavy atom. The minimum absolute atomic E-state index is 0.337. The highest BCUT2D eigenvalue weighted by atomic mass is 127. The first kappa shape index (κ1) is 11.7. The highest BCUT2D eigenvalue weighted by molar-refractivity contribution is 14.1. The Kier molecular flexibility index (Phi) is 4.58. The fourth-order valence-electron chi connectivity index (χ4n) is 1.38. The van der Waals surface area contributed by atoms with Crippen LogP contribution in [0.5, 0.6) is 0 Å². The van der Waals surface area contributed by atoms with Gasteiger partial charge in [-0.05, 0) is 40.1 Å². The van der Waals surface area contributed by atoms with E-state index in [0.717, 1.165) is 5.56 Å². The Balaban J connectivity index is 2.61. The van der Waals surface area contributed by atoms with Crippen molar-refractivity contribution in [2.45, 2.75) is 26.7 Å². The quantitative estimate of drug-likeness (QED) is 0.779. The van der Waals surface area contributed by atoms with E-state index in [0.29, 0.717) is 24.5 Å². The Hall–Kier alpha value is -0.380. The minimum Gasteiger partial charge on any atom is -0.299 e. The van der Waals surface area contributed by atoms with Gasteiger partial charge in [0, 0.05) is 16.4 Å². The molecule has 0 heterocycles. The van der Waals surface area contributed by atoms with Gasteiger partial charge in [-0.1, -0.05) is 32.0 Å². The molecule has 0 aromatic heterocycles. The van der Waals surface area contributed by atoms with E-state index >= 15 is 0 Å². The van der Waals surface area contributed by atoms with Crippen LogP contribution in [0.4, 0.5) is 0 Å². The maximum Gasteiger partial charge on any atom is 0.137 e. The third kappa shape index (κ3) is 3.78. The molecule has 76 valence electrons. The number of carbonyl (C=O) groups is 1. The molecule has 0 amide bonds. The van der Waals surface area contributed by atoms with Crippen molar-refractivity contribution in [2.24, 2.45) is 5.92 Å². The lowest BCUT2D eigenvalue weighted by molar-refractivity contribution is -0.119. The molecule has 0 spiro atoms. The van der Waals surface area contributed by atoms with Gasteiger partial charge in [0.25, 0.3) is 0 Å². The number of hydrogen-bond acceptors (Lipinski definition) is 1. The van der Waals surface area contributed by atoms with Gasteiger partial charge in [-0.2, -0.15) is 0 Å². The molecule has 0 saturated heterocycles. The molecule has 0 saturated carbocycles. The predicted octanol–water partition coefficient (Wildman–Crippen LogP) is 3.45. The molecule has 0 aliphatic heterocycles. The first-order chi connectivity index (χ1) is 6.59. The maximum absolute atomic E-state index is 11.6. The molecule has 0 bridgehead atoms. The summed E-state index contributed by atoms with van der Waals surface area (Å²) in [5.41, 5.74) is 1.15. The lowest BCUT2D eigenvalue weighted by atomic mass is 10.0. The molecule has 0 aliphatic rings. The highest BCUT2D eigenvalue weighted by Gasteiger charge is 2.07. The Labute approximate surface area is 99.0 Å². The smallest absolute Gasteiger partial charge is 0.137 e. The standard InChI is InChI=1S/C12H15IO/c1-9(2)7-11(14)8-10-5-3-4-6-12(10)13/h3-6,9H,7-8H2,1-2H3. The first-order valence-corrected chi connectivity index (χ1v) is 5.92. The second-order valence-corrected chi connectivity index (χ2v) is 5.07. The van der Waals surface area contributed by atoms with Crippen molar-refractivity contribution >= 4 is 28.4 Å². The van der Waals surface area contributed by atoms with Crippen molar-refractivity contribution in [1.82, 2.24) is 0 Å². The van der Waals surface area contributed by atoms with Gasteiger partial charge in [-0.25, -0.2) is 0 Å². The fourth-order valence-corrected chi connectivity index (χ4v) is 1.96. The van der Waals surface area contributed by atoms with Gasteiger partial charge in [0.15, 0.2) is 0 Å². The van der Waals surface area contributed by atoms with Crippen molar-refractivity contribution in [3.8, 4) is 0 Å². The van der Waals surface area contributed by atoms with Crippen LogP contribution in [0.2, 0.25) is 0 Å². The van der Waals surface area contributed by atoms with Crippen molar-refractivity contribution < 1.29 is 4.79 Å². The molecule has 0 radical (unpaired) electrons. The molecule has 1 nitrogen and oxygen atoms in total. The summed E-state index contributed by atoms with van der Waals surface area (Å²) in [7, 11) is 0. The summed E-state index contributed by atoms with van der Waals surface area (Å²) in [4.78, 5) is 11.6. The van der Waals surface area contributed by atoms with Gasteiger partial charge in [-0.15, -0.1) is 0 Å². The van der Waals surface area contributed by atoms with E-state index in [1.54, 1.807) is 0 Å². The first-order valence-electron chi connectivity index (χ1n) is 4.84. The second kappa shape index (κ2) is 5.49. The van der Waals surface area contributed by atoms with Gasteiger partial charge >= 0.3 is 0 Å². The second-order valence-electron chi connectivity index (χ2n) is 3.90. The normalized spacial score (nSPS) is 10.6. The average Bonchev–Trinajstić information content (AvgIpc) is 2.07. The Morgan fingerprint density at radius 2 is 2.00 bits per heavy atom. The lowest BCUT2D eigenvalue weighted by Crippen LogP contribution is -2.07. The SMILES string of the molecule is CC(C)CC(=O)Cc1ccccc1I. The van der Waals surface area contributed by atoms with Crippen LogP contribution in [-0.2, 0) is 11.2 Å². The zero-order valence-corrected chi connectivity index (χ0v) is 10.7. The van der Waals surface area contributed by atoms with Gasteiger partial charge in [0.1, 0.15) is 5.78 Å². The van der Waals surface area contributed by atoms with Crippen LogP contribution in [0, 0.1) is 9.49 Å². The van der Waals surface area contributed by atoms with Crippen LogP contribution in [0.25, 0.3) is 0 Å². The number of ketones is 1. The molecule has 0 aliphatic carbocycles. The molecule has 0 N–H and O–H groups in total. The molecule has 1 aromatic carbocycles. The Bertz CT molecular complexity index is 318. The zero-order valence-electron chi connectivity index (χ0n) is 8.59. The average molecular weight is 302 g/mol. The monoisotopic (exact) mass is 302 g/mol. The zero-order chi connectivity index (χ0) is 10.6. The van der Waals surface area contributed by atoms with Crippen molar-refractivity contribution in [1.29, 1.82) is 0 Å². The van der Waals surface area contributed by atoms with Crippen molar-refractivity contribution in [2.75, 3.05) is 0 Å². The largest absolute Gasteiger partial charge is 0.299 e. The maximum atomic E-state index is 11.6. The number of Topliss-reactive ketones (excluding diaryl/α,β-unsaturated/α-hetero) is 1. The molecule has 0 atom stereocenters. The van der Waals surface area contributed by atoms with Crippen molar-refractivity contribution in [3.05, 3.63) is 33.4 Å². The number of benzene rings is 1. The van der Waals surface area contributed by atoms with Gasteiger partial charge in [0.05, 0.1) is 0 Å². The van der Waals surface area contributed by atoms with Crippen molar-refractivity contribution in [3.63, 3.8) is 0 Å². The number of carbonyl (C=O) groups excluding carboxylic acids is 1. The third-order valence-corrected chi connectivity index (χ3v) is 3.03. The summed E-state index contributed by atoms with van der Waals surface area (Å²) in [6.45, 7) is 4.15. The molecular formula is C12H15IO. The molecule has 1 rings (SSSR count). The fraction of sp³-hybridized carbons (Fsp3) is 0.417. The number of rotatable bonds is 4. The van der Waals surface area contributed by atoms with Crippen LogP contribution in [0.1, 0.15) is 25.8 Å². The van der Waals surface area contributed by atoms with E-state index in [2.05, 4.69) is 36.4 Å². The molecular weight excluding hydrogens is 287 g/mol. The van der Waals surface area contributed by atoms with Crippen LogP contribution in [0.15, 0.2) is 24.3 Å². The van der Waals surface area contributed by atoms with E-state index in [1.807, 2.05) is 24.3 Å². The minimum atomic E-state index is 0.337. The van der Waals surface area contributed by atoms with E-state index in [4.69, 9.17) is 0 Å². The van der Waals surface area contributed by atoms with Crippen LogP contribution < -0.4 is 0 Å². The molecule has 2 heteroatoms. The summed E-state index contributed by atoms with van der Waals surface area (Å²) < 4.78 is 1.18. The van der Waals surface area contributed by atoms with E-state index in [9.17, 15) is 4.79 Å². The van der Waals surface area contributed by atoms with Gasteiger partial charge in [-0.3, -0.25) is 4.79 Å². The highest BCUT2D eigenvalue weighted by Crippen LogP contribution is 2.14.